The van der Waals surface area contributed by atoms with E-state index in [4.69, 9.17) is 0 Å². The van der Waals surface area contributed by atoms with E-state index < -0.39 is 21.3 Å². The van der Waals surface area contributed by atoms with Gasteiger partial charge in [0.1, 0.15) is 0 Å². The van der Waals surface area contributed by atoms with Gasteiger partial charge in [0.25, 0.3) is 0 Å². The van der Waals surface area contributed by atoms with Gasteiger partial charge >= 0.3 is 304 Å². The summed E-state index contributed by atoms with van der Waals surface area (Å²) in [5.41, 5.74) is 20.8. The fraction of sp³-hybridized carbons (Fsp3) is 0.312. The van der Waals surface area contributed by atoms with Gasteiger partial charge in [-0.2, -0.15) is 0 Å². The summed E-state index contributed by atoms with van der Waals surface area (Å²) in [5.74, 6) is 0.979. The summed E-state index contributed by atoms with van der Waals surface area (Å²) in [6.07, 6.45) is 6.10. The Morgan fingerprint density at radius 2 is 1.22 bits per heavy atom. The van der Waals surface area contributed by atoms with E-state index >= 15 is 0 Å². The van der Waals surface area contributed by atoms with Crippen molar-refractivity contribution in [3.63, 3.8) is 0 Å². The van der Waals surface area contributed by atoms with Crippen molar-refractivity contribution in [1.82, 2.24) is 0 Å². The van der Waals surface area contributed by atoms with E-state index in [1.165, 1.54) is 61.2 Å². The zero-order valence-electron chi connectivity index (χ0n) is 31.9. The number of hydrogen-bond acceptors (Lipinski definition) is 0. The van der Waals surface area contributed by atoms with E-state index in [-0.39, 0.29) is 35.6 Å². The fourth-order valence-electron chi connectivity index (χ4n) is 9.98. The zero-order valence-corrected chi connectivity index (χ0v) is 35.8. The minimum absolute atomic E-state index is 0. The van der Waals surface area contributed by atoms with Crippen molar-refractivity contribution in [2.24, 2.45) is 11.8 Å². The van der Waals surface area contributed by atoms with E-state index in [2.05, 4.69) is 166 Å². The average Bonchev–Trinajstić information content (AvgIpc) is 3.71. The molecule has 0 bridgehead atoms. The Kier molecular flexibility index (Phi) is 10.1. The normalized spacial score (nSPS) is 18.6. The van der Waals surface area contributed by atoms with E-state index in [0.29, 0.717) is 11.8 Å². The Bertz CT molecular complexity index is 2200. The zero-order chi connectivity index (χ0) is 34.6. The standard InChI is InChI=1S/C25H25.C13H10.C10H15.2ClH.Zr/c1-14-12-24(3,4)22-8-16-7-17-9-23-19(15(2)13-25(23,5)6)11-21(17)20(16)10-18(14)22;1-3-7-12(8-4-1)11-13-9-5-2-6-10-13;1-7(2)10-6-8(3)5-9(10)4;;;/h8-12H,7H2,1-6H3;1-10H;6-8H,1-4H3;2*1H;/q;;;;;+2/p-2. The van der Waals surface area contributed by atoms with Crippen LogP contribution in [0.1, 0.15) is 114 Å². The van der Waals surface area contributed by atoms with Gasteiger partial charge in [0, 0.05) is 0 Å². The largest absolute Gasteiger partial charge is 1.00 e. The first-order chi connectivity index (χ1) is 23.3. The van der Waals surface area contributed by atoms with Crippen LogP contribution in [0.25, 0.3) is 22.3 Å². The number of rotatable bonds is 5. The van der Waals surface area contributed by atoms with E-state index in [1.54, 1.807) is 26.5 Å². The smallest absolute Gasteiger partial charge is 1.00 e. The monoisotopic (exact) mass is 786 g/mol. The second-order valence-corrected chi connectivity index (χ2v) is 22.2. The van der Waals surface area contributed by atoms with Crippen LogP contribution in [-0.2, 0) is 38.5 Å². The minimum atomic E-state index is -2.87. The van der Waals surface area contributed by atoms with Gasteiger partial charge in [-0.15, -0.1) is 0 Å². The van der Waals surface area contributed by atoms with Gasteiger partial charge in [0.2, 0.25) is 0 Å². The summed E-state index contributed by atoms with van der Waals surface area (Å²) in [6.45, 7) is 24.3. The quantitative estimate of drug-likeness (QED) is 0.194. The van der Waals surface area contributed by atoms with Gasteiger partial charge in [0.15, 0.2) is 0 Å². The molecule has 260 valence electrons. The maximum atomic E-state index is 2.63. The third-order valence-corrected chi connectivity index (χ3v) is 21.9. The third-order valence-electron chi connectivity index (χ3n) is 12.2. The summed E-state index contributed by atoms with van der Waals surface area (Å²) in [5, 5.41) is 0. The van der Waals surface area contributed by atoms with Gasteiger partial charge < -0.3 is 24.8 Å². The van der Waals surface area contributed by atoms with Gasteiger partial charge in [-0.1, -0.05) is 0 Å². The molecule has 0 saturated carbocycles. The van der Waals surface area contributed by atoms with Crippen LogP contribution < -0.4 is 24.8 Å². The SMILES string of the molecule is CC1=CC(C)(C)c2cc3c(cc21)-c1cc2c(cc1C3)C(C)(C)[C]([Zr+2]([C]1=C(C)C(C(C)C)=CC1C)=[C](c1ccccc1)c1ccccc1)=C2C.[Cl-].[Cl-]. The molecule has 8 rings (SSSR count). The van der Waals surface area contributed by atoms with Crippen LogP contribution in [0.5, 0.6) is 0 Å². The third kappa shape index (κ3) is 5.86. The molecule has 0 heterocycles. The summed E-state index contributed by atoms with van der Waals surface area (Å²) in [4.78, 5) is 0. The first kappa shape index (κ1) is 37.9. The van der Waals surface area contributed by atoms with Crippen molar-refractivity contribution in [1.29, 1.82) is 0 Å². The molecule has 51 heavy (non-hydrogen) atoms. The Morgan fingerprint density at radius 3 is 1.75 bits per heavy atom. The number of benzene rings is 4. The van der Waals surface area contributed by atoms with Gasteiger partial charge in [0.05, 0.1) is 0 Å². The molecule has 0 spiro atoms. The first-order valence-electron chi connectivity index (χ1n) is 18.3. The van der Waals surface area contributed by atoms with E-state index in [1.807, 2.05) is 0 Å². The molecule has 4 aliphatic carbocycles. The number of halogens is 2. The summed E-state index contributed by atoms with van der Waals surface area (Å²) in [7, 11) is 0. The molecule has 0 saturated heterocycles. The Hall–Kier alpha value is -2.83. The maximum Gasteiger partial charge on any atom is -1.00 e. The second-order valence-electron chi connectivity index (χ2n) is 16.5. The molecule has 4 aromatic carbocycles. The summed E-state index contributed by atoms with van der Waals surface area (Å²) >= 11 is -2.87. The van der Waals surface area contributed by atoms with Crippen LogP contribution in [0.4, 0.5) is 0 Å². The van der Waals surface area contributed by atoms with Crippen molar-refractivity contribution in [3.05, 3.63) is 159 Å². The summed E-state index contributed by atoms with van der Waals surface area (Å²) in [6, 6.07) is 33.1. The predicted molar refractivity (Wildman–Crippen MR) is 208 cm³/mol. The van der Waals surface area contributed by atoms with Crippen molar-refractivity contribution < 1.29 is 46.1 Å². The topological polar surface area (TPSA) is 0 Å². The average molecular weight is 789 g/mol. The van der Waals surface area contributed by atoms with Crippen LogP contribution in [0, 0.1) is 11.8 Å². The summed E-state index contributed by atoms with van der Waals surface area (Å²) < 4.78 is 5.14. The van der Waals surface area contributed by atoms with Crippen molar-refractivity contribution in [3.8, 4) is 11.1 Å². The Morgan fingerprint density at radius 1 is 0.686 bits per heavy atom. The second kappa shape index (κ2) is 13.5. The molecule has 1 atom stereocenters. The van der Waals surface area contributed by atoms with Crippen LogP contribution in [0.2, 0.25) is 0 Å². The number of hydrogen-bond donors (Lipinski definition) is 0. The van der Waals surface area contributed by atoms with Crippen LogP contribution in [0.15, 0.2) is 115 Å². The molecule has 3 heteroatoms. The van der Waals surface area contributed by atoms with Gasteiger partial charge in [-0.3, -0.25) is 0 Å². The molecular formula is C48H50Cl2Zr. The Labute approximate surface area is 326 Å². The number of fused-ring (bicyclic) bond motifs is 5. The van der Waals surface area contributed by atoms with Crippen LogP contribution >= 0.6 is 0 Å². The molecule has 0 aromatic heterocycles. The molecule has 0 aliphatic heterocycles. The fourth-order valence-corrected chi connectivity index (χ4v) is 19.9. The first-order valence-corrected chi connectivity index (χ1v) is 22.0. The van der Waals surface area contributed by atoms with Gasteiger partial charge in [-0.25, -0.2) is 0 Å². The molecule has 4 aliphatic rings. The molecule has 0 N–H and O–H groups in total. The Balaban J connectivity index is 0.00000224. The van der Waals surface area contributed by atoms with Crippen molar-refractivity contribution in [2.75, 3.05) is 0 Å². The van der Waals surface area contributed by atoms with Crippen LogP contribution in [-0.4, -0.2) is 3.21 Å². The molecule has 0 fully saturated rings. The van der Waals surface area contributed by atoms with E-state index in [0.717, 1.165) is 6.42 Å². The molecule has 0 nitrogen and oxygen atoms in total. The molecule has 0 amide bonds. The molecule has 4 aromatic rings. The van der Waals surface area contributed by atoms with Crippen molar-refractivity contribution >= 4 is 14.4 Å². The predicted octanol–water partition coefficient (Wildman–Crippen LogP) is 6.38. The van der Waals surface area contributed by atoms with Crippen molar-refractivity contribution in [2.45, 2.75) is 86.5 Å². The number of allylic oxidation sites excluding steroid dienone is 8. The van der Waals surface area contributed by atoms with E-state index in [9.17, 15) is 0 Å². The maximum absolute atomic E-state index is 2.87. The van der Waals surface area contributed by atoms with Gasteiger partial charge in [-0.05, 0) is 0 Å². The minimum Gasteiger partial charge on any atom is -1.00 e. The molecule has 1 unspecified atom stereocenters. The van der Waals surface area contributed by atoms with Crippen LogP contribution in [0.3, 0.4) is 0 Å². The molecule has 0 radical (unpaired) electrons. The molecular weight excluding hydrogens is 739 g/mol.